The van der Waals surface area contributed by atoms with E-state index < -0.39 is 0 Å². The second kappa shape index (κ2) is 5.07. The molecule has 0 saturated carbocycles. The Kier molecular flexibility index (Phi) is 3.50. The van der Waals surface area contributed by atoms with Gasteiger partial charge in [-0.3, -0.25) is 0 Å². The highest BCUT2D eigenvalue weighted by Gasteiger charge is 2.22. The lowest BCUT2D eigenvalue weighted by Crippen LogP contribution is -2.45. The zero-order valence-corrected chi connectivity index (χ0v) is 9.19. The van der Waals surface area contributed by atoms with E-state index in [1.54, 1.807) is 6.33 Å². The summed E-state index contributed by atoms with van der Waals surface area (Å²) in [6.07, 6.45) is 7.29. The Morgan fingerprint density at radius 3 is 3.20 bits per heavy atom. The summed E-state index contributed by atoms with van der Waals surface area (Å²) in [5.74, 6) is 1.06. The quantitative estimate of drug-likeness (QED) is 0.802. The summed E-state index contributed by atoms with van der Waals surface area (Å²) in [7, 11) is 2.01. The minimum absolute atomic E-state index is 0.582. The minimum Gasteiger partial charge on any atom is -0.352 e. The van der Waals surface area contributed by atoms with E-state index in [4.69, 9.17) is 0 Å². The van der Waals surface area contributed by atoms with Crippen molar-refractivity contribution in [1.82, 2.24) is 15.3 Å². The normalized spacial score (nSPS) is 21.7. The third kappa shape index (κ3) is 2.45. The Labute approximate surface area is 90.7 Å². The molecule has 2 rings (SSSR count). The second-order valence-corrected chi connectivity index (χ2v) is 3.97. The molecule has 82 valence electrons. The van der Waals surface area contributed by atoms with E-state index >= 15 is 0 Å². The van der Waals surface area contributed by atoms with Crippen molar-refractivity contribution in [3.8, 4) is 0 Å². The summed E-state index contributed by atoms with van der Waals surface area (Å²) < 4.78 is 0. The van der Waals surface area contributed by atoms with Gasteiger partial charge in [-0.25, -0.2) is 9.97 Å². The first-order chi connectivity index (χ1) is 7.42. The van der Waals surface area contributed by atoms with Gasteiger partial charge in [0.1, 0.15) is 12.1 Å². The first-order valence-electron chi connectivity index (χ1n) is 5.59. The summed E-state index contributed by atoms with van der Waals surface area (Å²) in [5.41, 5.74) is 0. The summed E-state index contributed by atoms with van der Waals surface area (Å²) >= 11 is 0. The van der Waals surface area contributed by atoms with Crippen molar-refractivity contribution in [2.24, 2.45) is 0 Å². The first-order valence-corrected chi connectivity index (χ1v) is 5.59. The van der Waals surface area contributed by atoms with E-state index in [1.807, 2.05) is 19.3 Å². The van der Waals surface area contributed by atoms with Gasteiger partial charge in [0.25, 0.3) is 0 Å². The van der Waals surface area contributed by atoms with Crippen LogP contribution in [0.25, 0.3) is 0 Å². The molecule has 1 aromatic rings. The summed E-state index contributed by atoms with van der Waals surface area (Å²) in [6, 6.07) is 2.58. The number of anilines is 1. The summed E-state index contributed by atoms with van der Waals surface area (Å²) in [5, 5.41) is 3.25. The molecule has 4 heteroatoms. The van der Waals surface area contributed by atoms with Gasteiger partial charge >= 0.3 is 0 Å². The highest BCUT2D eigenvalue weighted by atomic mass is 15.2. The molecule has 4 nitrogen and oxygen atoms in total. The Morgan fingerprint density at radius 1 is 1.53 bits per heavy atom. The van der Waals surface area contributed by atoms with Crippen LogP contribution < -0.4 is 10.2 Å². The van der Waals surface area contributed by atoms with Crippen LogP contribution in [0.15, 0.2) is 18.6 Å². The van der Waals surface area contributed by atoms with E-state index in [0.29, 0.717) is 6.04 Å². The van der Waals surface area contributed by atoms with Crippen LogP contribution in [-0.2, 0) is 0 Å². The third-order valence-corrected chi connectivity index (χ3v) is 2.93. The number of rotatable bonds is 3. The topological polar surface area (TPSA) is 41.0 Å². The van der Waals surface area contributed by atoms with Crippen LogP contribution in [0.5, 0.6) is 0 Å². The third-order valence-electron chi connectivity index (χ3n) is 2.93. The number of likely N-dealkylation sites (N-methyl/N-ethyl adjacent to an activating group) is 1. The van der Waals surface area contributed by atoms with Gasteiger partial charge in [0, 0.05) is 25.3 Å². The van der Waals surface area contributed by atoms with Gasteiger partial charge in [0.2, 0.25) is 0 Å². The number of nitrogens with zero attached hydrogens (tertiary/aromatic N) is 3. The fraction of sp³-hybridized carbons (Fsp3) is 0.636. The van der Waals surface area contributed by atoms with E-state index in [9.17, 15) is 0 Å². The lowest BCUT2D eigenvalue weighted by atomic mass is 10.0. The maximum atomic E-state index is 4.32. The molecule has 1 unspecified atom stereocenters. The second-order valence-electron chi connectivity index (χ2n) is 3.97. The molecule has 15 heavy (non-hydrogen) atoms. The molecule has 1 atom stereocenters. The SMILES string of the molecule is CNCC1CCCCN1c1ccncn1. The van der Waals surface area contributed by atoms with E-state index in [2.05, 4.69) is 20.2 Å². The number of aromatic nitrogens is 2. The average molecular weight is 206 g/mol. The first kappa shape index (κ1) is 10.4. The molecule has 1 aromatic heterocycles. The smallest absolute Gasteiger partial charge is 0.132 e. The monoisotopic (exact) mass is 206 g/mol. The molecule has 1 saturated heterocycles. The van der Waals surface area contributed by atoms with E-state index in [0.717, 1.165) is 18.9 Å². The van der Waals surface area contributed by atoms with Crippen molar-refractivity contribution in [2.75, 3.05) is 25.0 Å². The van der Waals surface area contributed by atoms with Crippen LogP contribution in [0.3, 0.4) is 0 Å². The molecule has 1 fully saturated rings. The number of hydrogen-bond donors (Lipinski definition) is 1. The van der Waals surface area contributed by atoms with Crippen LogP contribution in [0.4, 0.5) is 5.82 Å². The lowest BCUT2D eigenvalue weighted by molar-refractivity contribution is 0.443. The zero-order chi connectivity index (χ0) is 10.5. The number of hydrogen-bond acceptors (Lipinski definition) is 4. The molecule has 2 heterocycles. The fourth-order valence-corrected chi connectivity index (χ4v) is 2.20. The van der Waals surface area contributed by atoms with Crippen molar-refractivity contribution < 1.29 is 0 Å². The minimum atomic E-state index is 0.582. The summed E-state index contributed by atoms with van der Waals surface area (Å²) in [6.45, 7) is 2.15. The molecule has 0 aliphatic carbocycles. The predicted molar refractivity (Wildman–Crippen MR) is 60.9 cm³/mol. The molecule has 0 radical (unpaired) electrons. The standard InChI is InChI=1S/C11H18N4/c1-12-8-10-4-2-3-7-15(10)11-5-6-13-9-14-11/h5-6,9-10,12H,2-4,7-8H2,1H3. The molecule has 1 N–H and O–H groups in total. The van der Waals surface area contributed by atoms with Gasteiger partial charge in [-0.15, -0.1) is 0 Å². The molecule has 1 aliphatic heterocycles. The van der Waals surface area contributed by atoms with Crippen LogP contribution >= 0.6 is 0 Å². The van der Waals surface area contributed by atoms with Crippen molar-refractivity contribution in [3.05, 3.63) is 18.6 Å². The number of piperidine rings is 1. The molecule has 0 amide bonds. The van der Waals surface area contributed by atoms with Crippen LogP contribution in [-0.4, -0.2) is 36.1 Å². The van der Waals surface area contributed by atoms with E-state index in [1.165, 1.54) is 19.3 Å². The largest absolute Gasteiger partial charge is 0.352 e. The van der Waals surface area contributed by atoms with Crippen molar-refractivity contribution in [2.45, 2.75) is 25.3 Å². The van der Waals surface area contributed by atoms with Crippen LogP contribution in [0.1, 0.15) is 19.3 Å². The number of nitrogens with one attached hydrogen (secondary N) is 1. The maximum Gasteiger partial charge on any atom is 0.132 e. The van der Waals surface area contributed by atoms with Crippen LogP contribution in [0.2, 0.25) is 0 Å². The Bertz CT molecular complexity index is 286. The van der Waals surface area contributed by atoms with Crippen LogP contribution in [0, 0.1) is 0 Å². The predicted octanol–water partition coefficient (Wildman–Crippen LogP) is 1.05. The molecule has 0 spiro atoms. The van der Waals surface area contributed by atoms with E-state index in [-0.39, 0.29) is 0 Å². The average Bonchev–Trinajstić information content (AvgIpc) is 2.31. The van der Waals surface area contributed by atoms with Gasteiger partial charge < -0.3 is 10.2 Å². The zero-order valence-electron chi connectivity index (χ0n) is 9.19. The highest BCUT2D eigenvalue weighted by molar-refractivity contribution is 5.38. The Morgan fingerprint density at radius 2 is 2.47 bits per heavy atom. The van der Waals surface area contributed by atoms with Crippen molar-refractivity contribution in [1.29, 1.82) is 0 Å². The molecule has 1 aliphatic rings. The Balaban J connectivity index is 2.11. The summed E-state index contributed by atoms with van der Waals surface area (Å²) in [4.78, 5) is 10.7. The highest BCUT2D eigenvalue weighted by Crippen LogP contribution is 2.21. The molecular formula is C11H18N4. The lowest BCUT2D eigenvalue weighted by Gasteiger charge is -2.36. The van der Waals surface area contributed by atoms with Gasteiger partial charge in [0.05, 0.1) is 0 Å². The maximum absolute atomic E-state index is 4.32. The van der Waals surface area contributed by atoms with Gasteiger partial charge in [-0.2, -0.15) is 0 Å². The fourth-order valence-electron chi connectivity index (χ4n) is 2.20. The molecular weight excluding hydrogens is 188 g/mol. The van der Waals surface area contributed by atoms with Crippen molar-refractivity contribution >= 4 is 5.82 Å². The van der Waals surface area contributed by atoms with Gasteiger partial charge in [-0.05, 0) is 32.4 Å². The van der Waals surface area contributed by atoms with Gasteiger partial charge in [-0.1, -0.05) is 0 Å². The molecule has 0 aromatic carbocycles. The van der Waals surface area contributed by atoms with Gasteiger partial charge in [0.15, 0.2) is 0 Å². The van der Waals surface area contributed by atoms with Crippen molar-refractivity contribution in [3.63, 3.8) is 0 Å². The molecule has 0 bridgehead atoms. The Hall–Kier alpha value is -1.16.